The second-order valence-corrected chi connectivity index (χ2v) is 5.77. The first-order chi connectivity index (χ1) is 10.6. The van der Waals surface area contributed by atoms with E-state index < -0.39 is 17.9 Å². The summed E-state index contributed by atoms with van der Waals surface area (Å²) in [6, 6.07) is 10.9. The third-order valence-corrected chi connectivity index (χ3v) is 4.36. The van der Waals surface area contributed by atoms with Crippen LogP contribution >= 0.6 is 0 Å². The van der Waals surface area contributed by atoms with Gasteiger partial charge >= 0.3 is 5.97 Å². The molecule has 0 radical (unpaired) electrons. The Morgan fingerprint density at radius 2 is 1.68 bits per heavy atom. The van der Waals surface area contributed by atoms with Crippen molar-refractivity contribution >= 4 is 5.97 Å². The fraction of sp³-hybridized carbons (Fsp3) is 0.278. The molecule has 22 heavy (non-hydrogen) atoms. The molecular formula is C18H18FNO2. The topological polar surface area (TPSA) is 63.3 Å². The smallest absolute Gasteiger partial charge is 0.321 e. The van der Waals surface area contributed by atoms with Gasteiger partial charge in [-0.2, -0.15) is 0 Å². The van der Waals surface area contributed by atoms with Crippen LogP contribution in [-0.4, -0.2) is 17.1 Å². The van der Waals surface area contributed by atoms with E-state index in [-0.39, 0.29) is 5.82 Å². The van der Waals surface area contributed by atoms with Gasteiger partial charge in [0.1, 0.15) is 11.9 Å². The molecule has 2 aromatic carbocycles. The number of rotatable bonds is 4. The van der Waals surface area contributed by atoms with E-state index in [4.69, 9.17) is 5.73 Å². The standard InChI is InChI=1S/C18H18FNO2/c19-15-8-6-12(7-9-15)16(17(20)18(21)22)14-5-4-11-2-1-3-13(11)10-14/h4-10,16-17H,1-3,20H2,(H,21,22)/t16-,17-/m0/s1. The maximum Gasteiger partial charge on any atom is 0.321 e. The minimum Gasteiger partial charge on any atom is -0.480 e. The number of hydrogen-bond acceptors (Lipinski definition) is 2. The third-order valence-electron chi connectivity index (χ3n) is 4.36. The Morgan fingerprint density at radius 3 is 2.36 bits per heavy atom. The Balaban J connectivity index is 2.05. The lowest BCUT2D eigenvalue weighted by molar-refractivity contribution is -0.138. The number of halogens is 1. The van der Waals surface area contributed by atoms with Gasteiger partial charge in [0.2, 0.25) is 0 Å². The molecule has 0 bridgehead atoms. The van der Waals surface area contributed by atoms with E-state index in [1.807, 2.05) is 6.07 Å². The van der Waals surface area contributed by atoms with Gasteiger partial charge in [-0.3, -0.25) is 4.79 Å². The lowest BCUT2D eigenvalue weighted by Crippen LogP contribution is -2.37. The van der Waals surface area contributed by atoms with Crippen LogP contribution in [0.5, 0.6) is 0 Å². The summed E-state index contributed by atoms with van der Waals surface area (Å²) in [6.07, 6.45) is 3.22. The van der Waals surface area contributed by atoms with Crippen molar-refractivity contribution in [3.63, 3.8) is 0 Å². The average Bonchev–Trinajstić information content (AvgIpc) is 2.97. The van der Waals surface area contributed by atoms with Crippen molar-refractivity contribution in [3.8, 4) is 0 Å². The number of carboxylic acids is 1. The molecule has 0 aliphatic heterocycles. The first kappa shape index (κ1) is 14.7. The molecule has 2 atom stereocenters. The minimum absolute atomic E-state index is 0.347. The molecule has 4 heteroatoms. The van der Waals surface area contributed by atoms with Gasteiger partial charge < -0.3 is 10.8 Å². The third kappa shape index (κ3) is 2.74. The Kier molecular flexibility index (Phi) is 3.94. The van der Waals surface area contributed by atoms with Crippen LogP contribution < -0.4 is 5.73 Å². The van der Waals surface area contributed by atoms with Gasteiger partial charge in [-0.15, -0.1) is 0 Å². The Bertz CT molecular complexity index is 697. The summed E-state index contributed by atoms with van der Waals surface area (Å²) in [4.78, 5) is 11.4. The monoisotopic (exact) mass is 299 g/mol. The second kappa shape index (κ2) is 5.89. The molecule has 1 aliphatic carbocycles. The maximum absolute atomic E-state index is 13.1. The molecule has 0 fully saturated rings. The van der Waals surface area contributed by atoms with Crippen LogP contribution in [0.2, 0.25) is 0 Å². The first-order valence-electron chi connectivity index (χ1n) is 7.42. The summed E-state index contributed by atoms with van der Waals surface area (Å²) in [5.41, 5.74) is 10.1. The van der Waals surface area contributed by atoms with Gasteiger partial charge in [0.05, 0.1) is 0 Å². The molecule has 1 aliphatic rings. The van der Waals surface area contributed by atoms with Crippen molar-refractivity contribution in [1.82, 2.24) is 0 Å². The van der Waals surface area contributed by atoms with Crippen LogP contribution in [0.15, 0.2) is 42.5 Å². The number of carbonyl (C=O) groups is 1. The van der Waals surface area contributed by atoms with Crippen LogP contribution in [0.25, 0.3) is 0 Å². The highest BCUT2D eigenvalue weighted by Gasteiger charge is 2.28. The summed E-state index contributed by atoms with van der Waals surface area (Å²) >= 11 is 0. The number of aliphatic carboxylic acids is 1. The van der Waals surface area contributed by atoms with E-state index in [1.165, 1.54) is 23.3 Å². The zero-order valence-corrected chi connectivity index (χ0v) is 12.1. The quantitative estimate of drug-likeness (QED) is 0.912. The van der Waals surface area contributed by atoms with Crippen molar-refractivity contribution in [2.45, 2.75) is 31.2 Å². The molecule has 0 unspecified atom stereocenters. The zero-order valence-electron chi connectivity index (χ0n) is 12.1. The Labute approximate surface area is 128 Å². The molecule has 3 nitrogen and oxygen atoms in total. The van der Waals surface area contributed by atoms with E-state index in [1.54, 1.807) is 12.1 Å². The number of aryl methyl sites for hydroxylation is 2. The van der Waals surface area contributed by atoms with Gasteiger partial charge in [-0.05, 0) is 53.6 Å². The summed E-state index contributed by atoms with van der Waals surface area (Å²) in [5, 5.41) is 9.32. The van der Waals surface area contributed by atoms with Gasteiger partial charge in [0.25, 0.3) is 0 Å². The maximum atomic E-state index is 13.1. The van der Waals surface area contributed by atoms with Gasteiger partial charge in [-0.25, -0.2) is 4.39 Å². The SMILES string of the molecule is N[C@H](C(=O)O)[C@@H](c1ccc(F)cc1)c1ccc2c(c1)CCC2. The molecule has 3 rings (SSSR count). The predicted molar refractivity (Wildman–Crippen MR) is 82.3 cm³/mol. The molecule has 2 aromatic rings. The molecule has 3 N–H and O–H groups in total. The summed E-state index contributed by atoms with van der Waals surface area (Å²) in [7, 11) is 0. The lowest BCUT2D eigenvalue weighted by Gasteiger charge is -2.22. The van der Waals surface area contributed by atoms with Crippen molar-refractivity contribution < 1.29 is 14.3 Å². The summed E-state index contributed by atoms with van der Waals surface area (Å²) < 4.78 is 13.1. The largest absolute Gasteiger partial charge is 0.480 e. The fourth-order valence-electron chi connectivity index (χ4n) is 3.21. The van der Waals surface area contributed by atoms with Crippen molar-refractivity contribution in [3.05, 3.63) is 70.5 Å². The number of benzene rings is 2. The highest BCUT2D eigenvalue weighted by Crippen LogP contribution is 2.31. The second-order valence-electron chi connectivity index (χ2n) is 5.77. The molecule has 0 heterocycles. The molecular weight excluding hydrogens is 281 g/mol. The number of fused-ring (bicyclic) bond motifs is 1. The van der Waals surface area contributed by atoms with Crippen LogP contribution in [0.4, 0.5) is 4.39 Å². The lowest BCUT2D eigenvalue weighted by atomic mass is 9.84. The normalized spacial score (nSPS) is 16.1. The molecule has 0 spiro atoms. The van der Waals surface area contributed by atoms with Gasteiger partial charge in [-0.1, -0.05) is 30.3 Å². The zero-order chi connectivity index (χ0) is 15.7. The molecule has 0 amide bonds. The van der Waals surface area contributed by atoms with E-state index in [0.29, 0.717) is 5.56 Å². The Morgan fingerprint density at radius 1 is 1.05 bits per heavy atom. The first-order valence-corrected chi connectivity index (χ1v) is 7.42. The highest BCUT2D eigenvalue weighted by molar-refractivity contribution is 5.75. The summed E-state index contributed by atoms with van der Waals surface area (Å²) in [6.45, 7) is 0. The average molecular weight is 299 g/mol. The van der Waals surface area contributed by atoms with Crippen LogP contribution in [0, 0.1) is 5.82 Å². The van der Waals surface area contributed by atoms with E-state index in [2.05, 4.69) is 12.1 Å². The molecule has 114 valence electrons. The van der Waals surface area contributed by atoms with Crippen LogP contribution in [0.3, 0.4) is 0 Å². The highest BCUT2D eigenvalue weighted by atomic mass is 19.1. The van der Waals surface area contributed by atoms with E-state index >= 15 is 0 Å². The number of nitrogens with two attached hydrogens (primary N) is 1. The molecule has 0 saturated heterocycles. The molecule has 0 saturated carbocycles. The van der Waals surface area contributed by atoms with Gasteiger partial charge in [0.15, 0.2) is 0 Å². The van der Waals surface area contributed by atoms with E-state index in [9.17, 15) is 14.3 Å². The van der Waals surface area contributed by atoms with Crippen LogP contribution in [0.1, 0.15) is 34.6 Å². The van der Waals surface area contributed by atoms with Crippen molar-refractivity contribution in [2.24, 2.45) is 5.73 Å². The number of hydrogen-bond donors (Lipinski definition) is 2. The van der Waals surface area contributed by atoms with Crippen LogP contribution in [-0.2, 0) is 17.6 Å². The minimum atomic E-state index is -1.06. The number of carboxylic acid groups (broad SMARTS) is 1. The van der Waals surface area contributed by atoms with Crippen molar-refractivity contribution in [1.29, 1.82) is 0 Å². The fourth-order valence-corrected chi connectivity index (χ4v) is 3.21. The van der Waals surface area contributed by atoms with E-state index in [0.717, 1.165) is 24.8 Å². The Hall–Kier alpha value is -2.20. The predicted octanol–water partition coefficient (Wildman–Crippen LogP) is 2.86. The van der Waals surface area contributed by atoms with Crippen molar-refractivity contribution in [2.75, 3.05) is 0 Å². The van der Waals surface area contributed by atoms with Gasteiger partial charge in [0, 0.05) is 5.92 Å². The summed E-state index contributed by atoms with van der Waals surface area (Å²) in [5.74, 6) is -1.89. The molecule has 0 aromatic heterocycles.